The first kappa shape index (κ1) is 24.7. The Morgan fingerprint density at radius 1 is 1.03 bits per heavy atom. The highest BCUT2D eigenvalue weighted by atomic mass is 127. The van der Waals surface area contributed by atoms with Gasteiger partial charge >= 0.3 is 0 Å². The summed E-state index contributed by atoms with van der Waals surface area (Å²) in [5.74, 6) is 1.66. The minimum Gasteiger partial charge on any atom is -0.497 e. The Morgan fingerprint density at radius 2 is 1.72 bits per heavy atom. The molecule has 2 aromatic rings. The lowest BCUT2D eigenvalue weighted by Crippen LogP contribution is -2.40. The molecule has 6 nitrogen and oxygen atoms in total. The molecule has 0 saturated heterocycles. The molecule has 158 valence electrons. The molecule has 0 saturated carbocycles. The number of hydrogen-bond acceptors (Lipinski definition) is 3. The van der Waals surface area contributed by atoms with Crippen LogP contribution in [-0.2, 0) is 11.3 Å². The van der Waals surface area contributed by atoms with Crippen LogP contribution in [-0.4, -0.2) is 38.6 Å². The molecule has 1 amide bonds. The number of aliphatic imine (C=N–C) groups is 1. The van der Waals surface area contributed by atoms with Crippen molar-refractivity contribution in [2.75, 3.05) is 26.7 Å². The molecule has 7 heteroatoms. The van der Waals surface area contributed by atoms with Gasteiger partial charge in [0.05, 0.1) is 7.11 Å². The molecular weight excluding hydrogens is 479 g/mol. The van der Waals surface area contributed by atoms with Crippen LogP contribution in [0.25, 0.3) is 0 Å². The summed E-state index contributed by atoms with van der Waals surface area (Å²) in [5, 5.41) is 9.36. The first-order valence-corrected chi connectivity index (χ1v) is 9.59. The summed E-state index contributed by atoms with van der Waals surface area (Å²) in [5.41, 5.74) is 2.28. The number of carbonyl (C=O) groups is 1. The Morgan fingerprint density at radius 3 is 2.34 bits per heavy atom. The highest BCUT2D eigenvalue weighted by molar-refractivity contribution is 14.0. The van der Waals surface area contributed by atoms with Gasteiger partial charge in [0.15, 0.2) is 5.96 Å². The highest BCUT2D eigenvalue weighted by Crippen LogP contribution is 2.13. The van der Waals surface area contributed by atoms with E-state index in [0.717, 1.165) is 24.4 Å². The smallest absolute Gasteiger partial charge is 0.242 e. The number of amides is 1. The zero-order chi connectivity index (χ0) is 20.2. The summed E-state index contributed by atoms with van der Waals surface area (Å²) in [6.45, 7) is 6.18. The normalized spacial score (nSPS) is 11.8. The first-order valence-electron chi connectivity index (χ1n) is 9.59. The minimum absolute atomic E-state index is 0. The molecule has 0 radical (unpaired) electrons. The van der Waals surface area contributed by atoms with Crippen molar-refractivity contribution in [3.8, 4) is 5.75 Å². The van der Waals surface area contributed by atoms with Gasteiger partial charge in [0.2, 0.25) is 5.91 Å². The van der Waals surface area contributed by atoms with E-state index in [2.05, 4.69) is 40.0 Å². The lowest BCUT2D eigenvalue weighted by Gasteiger charge is -2.16. The number of carbonyl (C=O) groups excluding carboxylic acids is 1. The van der Waals surface area contributed by atoms with Crippen molar-refractivity contribution in [1.82, 2.24) is 16.0 Å². The van der Waals surface area contributed by atoms with E-state index in [4.69, 9.17) is 4.74 Å². The molecule has 2 rings (SSSR count). The van der Waals surface area contributed by atoms with E-state index in [1.807, 2.05) is 49.4 Å². The number of hydrogen-bond donors (Lipinski definition) is 3. The van der Waals surface area contributed by atoms with Crippen LogP contribution in [0.1, 0.15) is 30.9 Å². The van der Waals surface area contributed by atoms with E-state index in [9.17, 15) is 4.79 Å². The summed E-state index contributed by atoms with van der Waals surface area (Å²) in [6, 6.07) is 17.9. The van der Waals surface area contributed by atoms with Gasteiger partial charge in [0, 0.05) is 19.6 Å². The molecule has 0 aromatic heterocycles. The van der Waals surface area contributed by atoms with Crippen molar-refractivity contribution in [3.05, 3.63) is 65.7 Å². The van der Waals surface area contributed by atoms with Crippen molar-refractivity contribution >= 4 is 35.8 Å². The first-order chi connectivity index (χ1) is 13.6. The molecule has 1 atom stereocenters. The van der Waals surface area contributed by atoms with Crippen LogP contribution in [0.15, 0.2) is 59.6 Å². The van der Waals surface area contributed by atoms with E-state index in [0.29, 0.717) is 18.4 Å². The van der Waals surface area contributed by atoms with E-state index >= 15 is 0 Å². The molecule has 29 heavy (non-hydrogen) atoms. The molecular formula is C22H31IN4O2. The zero-order valence-corrected chi connectivity index (χ0v) is 19.6. The van der Waals surface area contributed by atoms with Gasteiger partial charge < -0.3 is 20.7 Å². The van der Waals surface area contributed by atoms with E-state index in [-0.39, 0.29) is 36.4 Å². The van der Waals surface area contributed by atoms with E-state index in [1.165, 1.54) is 5.56 Å². The maximum atomic E-state index is 12.1. The standard InChI is InChI=1S/C22H30N4O2.HI/c1-4-23-22(25-14-17(2)19-8-6-5-7-9-19)26-16-21(27)24-15-18-10-12-20(28-3)13-11-18;/h5-13,17H,4,14-16H2,1-3H3,(H,24,27)(H2,23,25,26);1H. The Balaban J connectivity index is 0.00000420. The average Bonchev–Trinajstić information content (AvgIpc) is 2.75. The molecule has 2 aromatic carbocycles. The molecule has 0 fully saturated rings. The van der Waals surface area contributed by atoms with E-state index in [1.54, 1.807) is 7.11 Å². The molecule has 0 heterocycles. The quantitative estimate of drug-likeness (QED) is 0.275. The highest BCUT2D eigenvalue weighted by Gasteiger charge is 2.07. The second-order valence-electron chi connectivity index (χ2n) is 6.51. The van der Waals surface area contributed by atoms with Crippen molar-refractivity contribution in [2.45, 2.75) is 26.3 Å². The maximum absolute atomic E-state index is 12.1. The molecule has 0 aliphatic rings. The lowest BCUT2D eigenvalue weighted by atomic mass is 10.0. The Kier molecular flexibility index (Phi) is 11.8. The Labute approximate surface area is 190 Å². The number of nitrogens with zero attached hydrogens (tertiary/aromatic N) is 1. The molecule has 0 bridgehead atoms. The van der Waals surface area contributed by atoms with Crippen LogP contribution in [0.2, 0.25) is 0 Å². The summed E-state index contributed by atoms with van der Waals surface area (Å²) in [6.07, 6.45) is 0. The van der Waals surface area contributed by atoms with Crippen LogP contribution in [0.3, 0.4) is 0 Å². The zero-order valence-electron chi connectivity index (χ0n) is 17.3. The Bertz CT molecular complexity index is 751. The summed E-state index contributed by atoms with van der Waals surface area (Å²) >= 11 is 0. The molecule has 0 spiro atoms. The number of nitrogens with one attached hydrogen (secondary N) is 3. The van der Waals surface area contributed by atoms with Crippen LogP contribution in [0.5, 0.6) is 5.75 Å². The fraction of sp³-hybridized carbons (Fsp3) is 0.364. The van der Waals surface area contributed by atoms with Crippen molar-refractivity contribution in [1.29, 1.82) is 0 Å². The van der Waals surface area contributed by atoms with Crippen LogP contribution >= 0.6 is 24.0 Å². The average molecular weight is 510 g/mol. The van der Waals surface area contributed by atoms with Crippen LogP contribution in [0.4, 0.5) is 0 Å². The lowest BCUT2D eigenvalue weighted by molar-refractivity contribution is -0.119. The van der Waals surface area contributed by atoms with Crippen LogP contribution < -0.4 is 20.7 Å². The molecule has 0 aliphatic carbocycles. The third-order valence-electron chi connectivity index (χ3n) is 4.32. The monoisotopic (exact) mass is 510 g/mol. The third-order valence-corrected chi connectivity index (χ3v) is 4.32. The minimum atomic E-state index is -0.121. The van der Waals surface area contributed by atoms with Gasteiger partial charge in [-0.15, -0.1) is 24.0 Å². The SMILES string of the molecule is CCNC(=NCC(=O)NCc1ccc(OC)cc1)NCC(C)c1ccccc1.I. The predicted octanol–water partition coefficient (Wildman–Crippen LogP) is 3.29. The second kappa shape index (κ2) is 13.8. The number of rotatable bonds is 9. The van der Waals surface area contributed by atoms with Gasteiger partial charge in [-0.2, -0.15) is 0 Å². The fourth-order valence-corrected chi connectivity index (χ4v) is 2.64. The summed E-state index contributed by atoms with van der Waals surface area (Å²) in [4.78, 5) is 16.5. The number of halogens is 1. The van der Waals surface area contributed by atoms with Gasteiger partial charge in [-0.25, -0.2) is 4.99 Å². The van der Waals surface area contributed by atoms with Crippen molar-refractivity contribution < 1.29 is 9.53 Å². The second-order valence-corrected chi connectivity index (χ2v) is 6.51. The molecule has 3 N–H and O–H groups in total. The van der Waals surface area contributed by atoms with Crippen molar-refractivity contribution in [2.24, 2.45) is 4.99 Å². The molecule has 0 aliphatic heterocycles. The van der Waals surface area contributed by atoms with Gasteiger partial charge in [-0.05, 0) is 36.1 Å². The van der Waals surface area contributed by atoms with Crippen molar-refractivity contribution in [3.63, 3.8) is 0 Å². The number of guanidine groups is 1. The van der Waals surface area contributed by atoms with Gasteiger partial charge in [0.25, 0.3) is 0 Å². The largest absolute Gasteiger partial charge is 0.497 e. The molecule has 1 unspecified atom stereocenters. The van der Waals surface area contributed by atoms with Gasteiger partial charge in [-0.1, -0.05) is 49.4 Å². The van der Waals surface area contributed by atoms with Crippen LogP contribution in [0, 0.1) is 0 Å². The number of methoxy groups -OCH3 is 1. The van der Waals surface area contributed by atoms with Gasteiger partial charge in [-0.3, -0.25) is 4.79 Å². The van der Waals surface area contributed by atoms with E-state index < -0.39 is 0 Å². The van der Waals surface area contributed by atoms with Gasteiger partial charge in [0.1, 0.15) is 12.3 Å². The maximum Gasteiger partial charge on any atom is 0.242 e. The third kappa shape index (κ3) is 9.17. The summed E-state index contributed by atoms with van der Waals surface area (Å²) in [7, 11) is 1.63. The number of ether oxygens (including phenoxy) is 1. The Hall–Kier alpha value is -2.29. The summed E-state index contributed by atoms with van der Waals surface area (Å²) < 4.78 is 5.13. The fourth-order valence-electron chi connectivity index (χ4n) is 2.64. The topological polar surface area (TPSA) is 74.8 Å². The number of benzene rings is 2. The predicted molar refractivity (Wildman–Crippen MR) is 129 cm³/mol.